The van der Waals surface area contributed by atoms with Crippen molar-refractivity contribution in [3.63, 3.8) is 0 Å². The molecule has 0 fully saturated rings. The summed E-state index contributed by atoms with van der Waals surface area (Å²) in [7, 11) is 0. The summed E-state index contributed by atoms with van der Waals surface area (Å²) in [4.78, 5) is 14.6. The Hall–Kier alpha value is -1.09. The van der Waals surface area contributed by atoms with E-state index in [4.69, 9.17) is 11.5 Å². The van der Waals surface area contributed by atoms with Crippen LogP contribution in [0.5, 0.6) is 0 Å². The van der Waals surface area contributed by atoms with E-state index in [-0.39, 0.29) is 6.61 Å². The van der Waals surface area contributed by atoms with E-state index >= 15 is 0 Å². The Kier molecular flexibility index (Phi) is 3.54. The van der Waals surface area contributed by atoms with Crippen LogP contribution < -0.4 is 5.90 Å². The lowest BCUT2D eigenvalue weighted by molar-refractivity contribution is -0.206. The number of nitrogens with two attached hydrogens (primary N) is 1. The average Bonchev–Trinajstić information content (AvgIpc) is 2.03. The van der Waals surface area contributed by atoms with E-state index in [1.165, 1.54) is 0 Å². The lowest BCUT2D eigenvalue weighted by Gasteiger charge is -2.15. The second-order valence-corrected chi connectivity index (χ2v) is 1.63. The molecule has 0 saturated heterocycles. The number of esters is 1. The maximum Gasteiger partial charge on any atom is 0.382 e. The zero-order chi connectivity index (χ0) is 8.91. The van der Waals surface area contributed by atoms with Gasteiger partial charge in [-0.25, -0.2) is 15.5 Å². The molecule has 0 aromatic rings. The molecule has 0 spiro atoms. The molecule has 0 heterocycles. The normalized spacial score (nSPS) is 14.7. The van der Waals surface area contributed by atoms with E-state index in [0.717, 1.165) is 0 Å². The summed E-state index contributed by atoms with van der Waals surface area (Å²) < 4.78 is 4.35. The average molecular weight is 159 g/mol. The highest BCUT2D eigenvalue weighted by Gasteiger charge is 2.36. The molecule has 0 radical (unpaired) electrons. The molecule has 5 nitrogen and oxygen atoms in total. The molecular weight excluding hydrogens is 150 g/mol. The number of ether oxygens (including phenoxy) is 1. The van der Waals surface area contributed by atoms with Crippen LogP contribution in [0.25, 0.3) is 0 Å². The van der Waals surface area contributed by atoms with Gasteiger partial charge in [-0.2, -0.15) is 0 Å². The number of carbonyl (C=O) groups excluding carboxylic acids is 1. The number of hydrogen-bond donors (Lipinski definition) is 2. The van der Waals surface area contributed by atoms with Crippen molar-refractivity contribution in [3.05, 3.63) is 0 Å². The highest BCUT2D eigenvalue weighted by atomic mass is 16.7. The van der Waals surface area contributed by atoms with Gasteiger partial charge < -0.3 is 9.84 Å². The van der Waals surface area contributed by atoms with Gasteiger partial charge in [-0.05, 0) is 12.8 Å². The van der Waals surface area contributed by atoms with Crippen molar-refractivity contribution < 1.29 is 19.5 Å². The molecule has 62 valence electrons. The van der Waals surface area contributed by atoms with Crippen LogP contribution >= 0.6 is 0 Å². The van der Waals surface area contributed by atoms with Crippen LogP contribution in [0.3, 0.4) is 0 Å². The molecule has 0 aliphatic carbocycles. The van der Waals surface area contributed by atoms with Crippen LogP contribution in [0, 0.1) is 12.3 Å². The maximum atomic E-state index is 10.7. The third-order valence-corrected chi connectivity index (χ3v) is 0.918. The highest BCUT2D eigenvalue weighted by Crippen LogP contribution is 2.04. The van der Waals surface area contributed by atoms with Crippen LogP contribution in [0.15, 0.2) is 0 Å². The Labute approximate surface area is 64.0 Å². The molecule has 0 saturated carbocycles. The molecule has 1 atom stereocenters. The number of rotatable bonds is 3. The molecule has 0 aliphatic rings. The summed E-state index contributed by atoms with van der Waals surface area (Å²) in [6.45, 7) is 1.65. The van der Waals surface area contributed by atoms with E-state index in [1.807, 2.05) is 0 Å². The fourth-order valence-electron chi connectivity index (χ4n) is 0.370. The molecule has 5 heteroatoms. The van der Waals surface area contributed by atoms with Gasteiger partial charge >= 0.3 is 11.8 Å². The first-order valence-electron chi connectivity index (χ1n) is 2.86. The van der Waals surface area contributed by atoms with Gasteiger partial charge in [0.05, 0.1) is 6.61 Å². The molecule has 11 heavy (non-hydrogen) atoms. The molecule has 0 amide bonds. The monoisotopic (exact) mass is 159 g/mol. The molecule has 3 N–H and O–H groups in total. The largest absolute Gasteiger partial charge is 0.461 e. The number of carbonyl (C=O) groups is 1. The van der Waals surface area contributed by atoms with Crippen LogP contribution in [-0.4, -0.2) is 23.5 Å². The van der Waals surface area contributed by atoms with E-state index < -0.39 is 11.8 Å². The fourth-order valence-corrected chi connectivity index (χ4v) is 0.370. The minimum Gasteiger partial charge on any atom is -0.461 e. The van der Waals surface area contributed by atoms with Crippen molar-refractivity contribution in [1.82, 2.24) is 0 Å². The van der Waals surface area contributed by atoms with E-state index in [2.05, 4.69) is 15.5 Å². The predicted octanol–water partition coefficient (Wildman–Crippen LogP) is -1.24. The molecule has 0 bridgehead atoms. The molecular formula is C6H9NO4. The molecule has 0 aromatic carbocycles. The van der Waals surface area contributed by atoms with Gasteiger partial charge in [0, 0.05) is 0 Å². The van der Waals surface area contributed by atoms with E-state index in [1.54, 1.807) is 12.8 Å². The summed E-state index contributed by atoms with van der Waals surface area (Å²) in [5.74, 6) is 2.65. The lowest BCUT2D eigenvalue weighted by atomic mass is 10.3. The topological polar surface area (TPSA) is 81.8 Å². The summed E-state index contributed by atoms with van der Waals surface area (Å²) in [5.41, 5.74) is 0. The first-order valence-corrected chi connectivity index (χ1v) is 2.86. The first-order chi connectivity index (χ1) is 5.10. The first kappa shape index (κ1) is 9.91. The Bertz CT molecular complexity index is 186. The van der Waals surface area contributed by atoms with Crippen molar-refractivity contribution >= 4 is 5.97 Å². The van der Waals surface area contributed by atoms with Crippen molar-refractivity contribution in [1.29, 1.82) is 0 Å². The summed E-state index contributed by atoms with van der Waals surface area (Å²) in [6, 6.07) is 0. The van der Waals surface area contributed by atoms with Crippen molar-refractivity contribution in [2.45, 2.75) is 12.7 Å². The maximum absolute atomic E-state index is 10.7. The fraction of sp³-hybridized carbons (Fsp3) is 0.500. The van der Waals surface area contributed by atoms with Crippen LogP contribution in [0.4, 0.5) is 0 Å². The summed E-state index contributed by atoms with van der Waals surface area (Å²) in [6.07, 6.45) is 4.74. The second kappa shape index (κ2) is 3.93. The summed E-state index contributed by atoms with van der Waals surface area (Å²) >= 11 is 0. The third kappa shape index (κ3) is 2.20. The van der Waals surface area contributed by atoms with Crippen LogP contribution in [-0.2, 0) is 14.4 Å². The molecule has 0 aliphatic heterocycles. The van der Waals surface area contributed by atoms with E-state index in [0.29, 0.717) is 0 Å². The van der Waals surface area contributed by atoms with Gasteiger partial charge in [0.15, 0.2) is 0 Å². The van der Waals surface area contributed by atoms with Gasteiger partial charge in [-0.3, -0.25) is 0 Å². The Morgan fingerprint density at radius 3 is 2.73 bits per heavy atom. The number of hydrogen-bond acceptors (Lipinski definition) is 5. The van der Waals surface area contributed by atoms with E-state index in [9.17, 15) is 4.79 Å². The van der Waals surface area contributed by atoms with Gasteiger partial charge in [-0.1, -0.05) is 0 Å². The standard InChI is InChI=1S/C6H9NO4/c1-3-6(9,11-7)5(8)10-4-2/h1,9H,4,7H2,2H3. The van der Waals surface area contributed by atoms with Gasteiger partial charge in [0.2, 0.25) is 0 Å². The zero-order valence-corrected chi connectivity index (χ0v) is 6.03. The lowest BCUT2D eigenvalue weighted by Crippen LogP contribution is -2.43. The highest BCUT2D eigenvalue weighted by molar-refractivity contribution is 5.81. The Balaban J connectivity index is 4.28. The van der Waals surface area contributed by atoms with Crippen LogP contribution in [0.1, 0.15) is 6.92 Å². The predicted molar refractivity (Wildman–Crippen MR) is 35.7 cm³/mol. The van der Waals surface area contributed by atoms with Gasteiger partial charge in [-0.15, -0.1) is 6.42 Å². The minimum absolute atomic E-state index is 0.0895. The quantitative estimate of drug-likeness (QED) is 0.233. The van der Waals surface area contributed by atoms with Crippen LogP contribution in [0.2, 0.25) is 0 Å². The Morgan fingerprint density at radius 2 is 2.45 bits per heavy atom. The zero-order valence-electron chi connectivity index (χ0n) is 6.03. The molecule has 0 rings (SSSR count). The smallest absolute Gasteiger partial charge is 0.382 e. The van der Waals surface area contributed by atoms with Crippen molar-refractivity contribution in [2.24, 2.45) is 5.90 Å². The van der Waals surface area contributed by atoms with Gasteiger partial charge in [0.25, 0.3) is 0 Å². The van der Waals surface area contributed by atoms with Crippen molar-refractivity contribution in [3.8, 4) is 12.3 Å². The SMILES string of the molecule is C#CC(O)(ON)C(=O)OCC. The minimum atomic E-state index is -2.46. The molecule has 1 unspecified atom stereocenters. The molecule has 0 aromatic heterocycles. The van der Waals surface area contributed by atoms with Gasteiger partial charge in [0.1, 0.15) is 0 Å². The number of aliphatic hydroxyl groups is 1. The third-order valence-electron chi connectivity index (χ3n) is 0.918. The summed E-state index contributed by atoms with van der Waals surface area (Å²) in [5, 5.41) is 8.97. The Morgan fingerprint density at radius 1 is 1.91 bits per heavy atom. The second-order valence-electron chi connectivity index (χ2n) is 1.63. The van der Waals surface area contributed by atoms with Crippen molar-refractivity contribution in [2.75, 3.05) is 6.61 Å². The number of terminal acetylenes is 1.